The number of carbonyl (C=O) groups excluding carboxylic acids is 1. The van der Waals surface area contributed by atoms with Crippen molar-refractivity contribution < 1.29 is 9.53 Å². The number of anilines is 1. The van der Waals surface area contributed by atoms with E-state index in [-0.39, 0.29) is 5.91 Å². The third-order valence-corrected chi connectivity index (χ3v) is 6.75. The van der Waals surface area contributed by atoms with E-state index in [2.05, 4.69) is 6.92 Å². The minimum Gasteiger partial charge on any atom is -0.494 e. The van der Waals surface area contributed by atoms with E-state index in [1.807, 2.05) is 73.7 Å². The quantitative estimate of drug-likeness (QED) is 0.257. The Kier molecular flexibility index (Phi) is 7.08. The van der Waals surface area contributed by atoms with Crippen LogP contribution in [0.1, 0.15) is 41.3 Å². The van der Waals surface area contributed by atoms with Crippen LogP contribution in [-0.4, -0.2) is 17.5 Å². The second kappa shape index (κ2) is 10.2. The maximum absolute atomic E-state index is 13.6. The number of fused-ring (bicyclic) bond motifs is 1. The average Bonchev–Trinajstić information content (AvgIpc) is 3.27. The Hall–Kier alpha value is -2.89. The van der Waals surface area contributed by atoms with Crippen molar-refractivity contribution in [2.24, 2.45) is 0 Å². The van der Waals surface area contributed by atoms with Crippen LogP contribution in [0.4, 0.5) is 5.13 Å². The van der Waals surface area contributed by atoms with Gasteiger partial charge in [0.2, 0.25) is 0 Å². The summed E-state index contributed by atoms with van der Waals surface area (Å²) in [5.41, 5.74) is 3.49. The summed E-state index contributed by atoms with van der Waals surface area (Å²) in [6.07, 6.45) is 2.09. The van der Waals surface area contributed by atoms with Gasteiger partial charge in [-0.05, 0) is 54.8 Å². The smallest absolute Gasteiger partial charge is 0.260 e. The van der Waals surface area contributed by atoms with Crippen molar-refractivity contribution in [2.45, 2.75) is 33.2 Å². The van der Waals surface area contributed by atoms with Crippen LogP contribution in [0.25, 0.3) is 10.2 Å². The van der Waals surface area contributed by atoms with Crippen LogP contribution in [0, 0.1) is 6.92 Å². The lowest BCUT2D eigenvalue weighted by atomic mass is 10.1. The maximum Gasteiger partial charge on any atom is 0.260 e. The Balaban J connectivity index is 1.67. The number of benzene rings is 3. The standard InChI is InChI=1S/C26H25ClN2O2S/c1-3-4-16-31-21-13-11-20(12-14-21)25(30)29(17-19-8-6-5-7-9-19)26-28-23-18(2)10-15-22(27)24(23)32-26/h5-15H,3-4,16-17H2,1-2H3. The molecule has 0 unspecified atom stereocenters. The zero-order valence-corrected chi connectivity index (χ0v) is 19.7. The predicted octanol–water partition coefficient (Wildman–Crippen LogP) is 7.28. The number of aryl methyl sites for hydroxylation is 1. The first-order valence-electron chi connectivity index (χ1n) is 10.7. The number of amides is 1. The molecule has 0 spiro atoms. The van der Waals surface area contributed by atoms with Crippen molar-refractivity contribution in [3.05, 3.63) is 88.4 Å². The molecular weight excluding hydrogens is 440 g/mol. The van der Waals surface area contributed by atoms with E-state index in [4.69, 9.17) is 21.3 Å². The molecule has 0 aliphatic heterocycles. The topological polar surface area (TPSA) is 42.4 Å². The molecule has 0 saturated heterocycles. The first-order chi connectivity index (χ1) is 15.6. The number of aromatic nitrogens is 1. The minimum atomic E-state index is -0.109. The van der Waals surface area contributed by atoms with Crippen LogP contribution in [0.3, 0.4) is 0 Å². The van der Waals surface area contributed by atoms with Crippen LogP contribution in [0.5, 0.6) is 5.75 Å². The van der Waals surface area contributed by atoms with E-state index >= 15 is 0 Å². The van der Waals surface area contributed by atoms with Crippen LogP contribution >= 0.6 is 22.9 Å². The second-order valence-corrected chi connectivity index (χ2v) is 9.03. The molecule has 164 valence electrons. The van der Waals surface area contributed by atoms with Gasteiger partial charge in [0.05, 0.1) is 28.4 Å². The summed E-state index contributed by atoms with van der Waals surface area (Å²) in [6, 6.07) is 21.1. The fourth-order valence-corrected chi connectivity index (χ4v) is 4.70. The summed E-state index contributed by atoms with van der Waals surface area (Å²) < 4.78 is 6.63. The molecule has 4 aromatic rings. The maximum atomic E-state index is 13.6. The lowest BCUT2D eigenvalue weighted by molar-refractivity contribution is 0.0985. The van der Waals surface area contributed by atoms with Crippen molar-refractivity contribution in [1.82, 2.24) is 4.98 Å². The second-order valence-electron chi connectivity index (χ2n) is 7.64. The molecule has 3 aromatic carbocycles. The van der Waals surface area contributed by atoms with Gasteiger partial charge in [0.1, 0.15) is 5.75 Å². The predicted molar refractivity (Wildman–Crippen MR) is 133 cm³/mol. The number of halogens is 1. The largest absolute Gasteiger partial charge is 0.494 e. The average molecular weight is 465 g/mol. The molecule has 0 aliphatic rings. The van der Waals surface area contributed by atoms with E-state index in [0.717, 1.165) is 39.9 Å². The minimum absolute atomic E-state index is 0.109. The van der Waals surface area contributed by atoms with Gasteiger partial charge in [0.25, 0.3) is 5.91 Å². The number of hydrogen-bond acceptors (Lipinski definition) is 4. The summed E-state index contributed by atoms with van der Waals surface area (Å²) in [6.45, 7) is 5.23. The van der Waals surface area contributed by atoms with E-state index in [0.29, 0.717) is 28.9 Å². The third-order valence-electron chi connectivity index (χ3n) is 5.21. The van der Waals surface area contributed by atoms with Crippen molar-refractivity contribution in [1.29, 1.82) is 0 Å². The van der Waals surface area contributed by atoms with Crippen molar-refractivity contribution in [3.8, 4) is 5.75 Å². The fourth-order valence-electron chi connectivity index (χ4n) is 3.38. The highest BCUT2D eigenvalue weighted by Gasteiger charge is 2.23. The number of unbranched alkanes of at least 4 members (excludes halogenated alkanes) is 1. The molecule has 4 rings (SSSR count). The number of rotatable bonds is 8. The highest BCUT2D eigenvalue weighted by Crippen LogP contribution is 2.36. The first kappa shape index (κ1) is 22.3. The SMILES string of the molecule is CCCCOc1ccc(C(=O)N(Cc2ccccc2)c2nc3c(C)ccc(Cl)c3s2)cc1. The summed E-state index contributed by atoms with van der Waals surface area (Å²) >= 11 is 7.87. The van der Waals surface area contributed by atoms with Crippen LogP contribution in [0.2, 0.25) is 5.02 Å². The van der Waals surface area contributed by atoms with Gasteiger partial charge in [0.15, 0.2) is 5.13 Å². The highest BCUT2D eigenvalue weighted by atomic mass is 35.5. The van der Waals surface area contributed by atoms with Gasteiger partial charge in [-0.15, -0.1) is 0 Å². The van der Waals surface area contributed by atoms with E-state index in [9.17, 15) is 4.79 Å². The molecule has 0 radical (unpaired) electrons. The van der Waals surface area contributed by atoms with Crippen molar-refractivity contribution in [2.75, 3.05) is 11.5 Å². The summed E-state index contributed by atoms with van der Waals surface area (Å²) in [7, 11) is 0. The molecule has 0 fully saturated rings. The van der Waals surface area contributed by atoms with Gasteiger partial charge in [0, 0.05) is 5.56 Å². The highest BCUT2D eigenvalue weighted by molar-refractivity contribution is 7.23. The molecule has 1 aromatic heterocycles. The third kappa shape index (κ3) is 4.95. The normalized spacial score (nSPS) is 11.0. The molecule has 0 atom stereocenters. The molecule has 0 N–H and O–H groups in total. The first-order valence-corrected chi connectivity index (χ1v) is 11.9. The Morgan fingerprint density at radius 1 is 1.06 bits per heavy atom. The van der Waals surface area contributed by atoms with E-state index in [1.54, 1.807) is 4.90 Å². The van der Waals surface area contributed by atoms with Gasteiger partial charge in [-0.2, -0.15) is 0 Å². The van der Waals surface area contributed by atoms with Crippen LogP contribution in [0.15, 0.2) is 66.7 Å². The molecule has 0 saturated carbocycles. The van der Waals surface area contributed by atoms with Crippen LogP contribution in [-0.2, 0) is 6.54 Å². The number of carbonyl (C=O) groups is 1. The van der Waals surface area contributed by atoms with Gasteiger partial charge >= 0.3 is 0 Å². The Morgan fingerprint density at radius 3 is 2.50 bits per heavy atom. The van der Waals surface area contributed by atoms with E-state index < -0.39 is 0 Å². The monoisotopic (exact) mass is 464 g/mol. The van der Waals surface area contributed by atoms with Gasteiger partial charge in [-0.25, -0.2) is 4.98 Å². The van der Waals surface area contributed by atoms with E-state index in [1.165, 1.54) is 11.3 Å². The van der Waals surface area contributed by atoms with Gasteiger partial charge < -0.3 is 4.74 Å². The summed E-state index contributed by atoms with van der Waals surface area (Å²) in [5.74, 6) is 0.661. The van der Waals surface area contributed by atoms with Crippen molar-refractivity contribution >= 4 is 44.2 Å². The Labute approximate surface area is 197 Å². The number of hydrogen-bond donors (Lipinski definition) is 0. The molecule has 0 bridgehead atoms. The Bertz CT molecular complexity index is 1170. The summed E-state index contributed by atoms with van der Waals surface area (Å²) in [4.78, 5) is 20.1. The number of nitrogens with zero attached hydrogens (tertiary/aromatic N) is 2. The molecular formula is C26H25ClN2O2S. The fraction of sp³-hybridized carbons (Fsp3) is 0.231. The lowest BCUT2D eigenvalue weighted by Gasteiger charge is -2.20. The zero-order chi connectivity index (χ0) is 22.5. The molecule has 1 heterocycles. The number of thiazole rings is 1. The van der Waals surface area contributed by atoms with Crippen molar-refractivity contribution in [3.63, 3.8) is 0 Å². The van der Waals surface area contributed by atoms with Crippen LogP contribution < -0.4 is 9.64 Å². The molecule has 32 heavy (non-hydrogen) atoms. The number of ether oxygens (including phenoxy) is 1. The summed E-state index contributed by atoms with van der Waals surface area (Å²) in [5, 5.41) is 1.28. The zero-order valence-electron chi connectivity index (χ0n) is 18.2. The molecule has 6 heteroatoms. The van der Waals surface area contributed by atoms with Gasteiger partial charge in [-0.3, -0.25) is 9.69 Å². The van der Waals surface area contributed by atoms with Gasteiger partial charge in [-0.1, -0.05) is 72.7 Å². The molecule has 0 aliphatic carbocycles. The lowest BCUT2D eigenvalue weighted by Crippen LogP contribution is -2.30. The molecule has 4 nitrogen and oxygen atoms in total. The Morgan fingerprint density at radius 2 is 1.81 bits per heavy atom. The molecule has 1 amide bonds.